The molecule has 104 valence electrons. The highest BCUT2D eigenvalue weighted by Crippen LogP contribution is 2.18. The van der Waals surface area contributed by atoms with Crippen LogP contribution >= 0.6 is 11.6 Å². The average Bonchev–Trinajstić information content (AvgIpc) is 2.26. The predicted octanol–water partition coefficient (Wildman–Crippen LogP) is 1.18. The van der Waals surface area contributed by atoms with Crippen molar-refractivity contribution in [3.63, 3.8) is 0 Å². The SMILES string of the molecule is CC(N)(O)c1cccc(Cl)c1.O=C(O)/C=C/C(=O)O. The minimum atomic E-state index is -1.30. The summed E-state index contributed by atoms with van der Waals surface area (Å²) in [5.74, 6) is -2.51. The molecule has 1 unspecified atom stereocenters. The van der Waals surface area contributed by atoms with Crippen molar-refractivity contribution in [3.05, 3.63) is 47.0 Å². The molecule has 5 N–H and O–H groups in total. The molecule has 1 aromatic rings. The predicted molar refractivity (Wildman–Crippen MR) is 69.6 cm³/mol. The molecule has 19 heavy (non-hydrogen) atoms. The van der Waals surface area contributed by atoms with Crippen LogP contribution in [0.1, 0.15) is 12.5 Å². The van der Waals surface area contributed by atoms with Gasteiger partial charge in [-0.05, 0) is 24.6 Å². The number of nitrogens with two attached hydrogens (primary N) is 1. The van der Waals surface area contributed by atoms with E-state index in [0.717, 1.165) is 0 Å². The van der Waals surface area contributed by atoms with Crippen LogP contribution in [0.2, 0.25) is 5.02 Å². The lowest BCUT2D eigenvalue weighted by Gasteiger charge is -2.17. The van der Waals surface area contributed by atoms with E-state index in [4.69, 9.17) is 27.5 Å². The highest BCUT2D eigenvalue weighted by Gasteiger charge is 2.15. The number of carboxylic acid groups (broad SMARTS) is 2. The maximum Gasteiger partial charge on any atom is 0.328 e. The Bertz CT molecular complexity index is 463. The third-order valence-electron chi connectivity index (χ3n) is 1.78. The molecule has 1 aromatic carbocycles. The fraction of sp³-hybridized carbons (Fsp3) is 0.167. The molecule has 0 heterocycles. The lowest BCUT2D eigenvalue weighted by molar-refractivity contribution is -0.134. The summed E-state index contributed by atoms with van der Waals surface area (Å²) in [6.45, 7) is 1.51. The van der Waals surface area contributed by atoms with Gasteiger partial charge in [-0.3, -0.25) is 0 Å². The summed E-state index contributed by atoms with van der Waals surface area (Å²) in [7, 11) is 0. The molecule has 0 aliphatic rings. The van der Waals surface area contributed by atoms with E-state index in [2.05, 4.69) is 0 Å². The summed E-state index contributed by atoms with van der Waals surface area (Å²) >= 11 is 5.68. The van der Waals surface area contributed by atoms with Crippen LogP contribution in [-0.4, -0.2) is 27.3 Å². The Hall–Kier alpha value is -1.89. The molecule has 0 saturated heterocycles. The topological polar surface area (TPSA) is 121 Å². The number of hydrogen-bond acceptors (Lipinski definition) is 4. The number of aliphatic carboxylic acids is 2. The third kappa shape index (κ3) is 8.78. The number of aliphatic hydroxyl groups is 1. The lowest BCUT2D eigenvalue weighted by atomic mass is 10.1. The number of benzene rings is 1. The van der Waals surface area contributed by atoms with Gasteiger partial charge < -0.3 is 21.1 Å². The second kappa shape index (κ2) is 7.52. The van der Waals surface area contributed by atoms with Crippen LogP contribution in [0.25, 0.3) is 0 Å². The van der Waals surface area contributed by atoms with Crippen LogP contribution in [0.5, 0.6) is 0 Å². The van der Waals surface area contributed by atoms with Gasteiger partial charge in [0.15, 0.2) is 0 Å². The van der Waals surface area contributed by atoms with E-state index < -0.39 is 17.7 Å². The van der Waals surface area contributed by atoms with E-state index in [-0.39, 0.29) is 0 Å². The first kappa shape index (κ1) is 17.1. The zero-order chi connectivity index (χ0) is 15.1. The molecule has 0 bridgehead atoms. The fourth-order valence-corrected chi connectivity index (χ4v) is 1.14. The zero-order valence-corrected chi connectivity index (χ0v) is 10.8. The van der Waals surface area contributed by atoms with Crippen molar-refractivity contribution >= 4 is 23.5 Å². The molecule has 0 saturated carbocycles. The smallest absolute Gasteiger partial charge is 0.328 e. The lowest BCUT2D eigenvalue weighted by Crippen LogP contribution is -2.32. The first-order valence-electron chi connectivity index (χ1n) is 5.04. The first-order valence-corrected chi connectivity index (χ1v) is 5.42. The molecule has 0 fully saturated rings. The maximum absolute atomic E-state index is 9.55. The molecule has 6 nitrogen and oxygen atoms in total. The van der Waals surface area contributed by atoms with E-state index in [0.29, 0.717) is 22.7 Å². The van der Waals surface area contributed by atoms with E-state index in [1.807, 2.05) is 0 Å². The van der Waals surface area contributed by atoms with E-state index in [1.54, 1.807) is 24.3 Å². The van der Waals surface area contributed by atoms with Crippen LogP contribution in [0.15, 0.2) is 36.4 Å². The van der Waals surface area contributed by atoms with E-state index in [9.17, 15) is 14.7 Å². The molecular formula is C12H14ClNO5. The molecule has 0 aliphatic heterocycles. The largest absolute Gasteiger partial charge is 0.478 e. The van der Waals surface area contributed by atoms with Gasteiger partial charge in [0.25, 0.3) is 0 Å². The fourth-order valence-electron chi connectivity index (χ4n) is 0.946. The number of carboxylic acids is 2. The van der Waals surface area contributed by atoms with Gasteiger partial charge >= 0.3 is 11.9 Å². The van der Waals surface area contributed by atoms with Crippen LogP contribution in [0.3, 0.4) is 0 Å². The van der Waals surface area contributed by atoms with Crippen LogP contribution in [-0.2, 0) is 15.3 Å². The summed E-state index contributed by atoms with van der Waals surface area (Å²) in [5.41, 5.74) is 4.74. The van der Waals surface area contributed by atoms with Gasteiger partial charge in [-0.1, -0.05) is 23.7 Å². The van der Waals surface area contributed by atoms with Gasteiger partial charge in [-0.25, -0.2) is 9.59 Å². The Kier molecular flexibility index (Phi) is 6.78. The van der Waals surface area contributed by atoms with Gasteiger partial charge in [-0.15, -0.1) is 0 Å². The maximum atomic E-state index is 9.55. The molecule has 1 rings (SSSR count). The van der Waals surface area contributed by atoms with Crippen molar-refractivity contribution in [2.75, 3.05) is 0 Å². The molecule has 0 amide bonds. The second-order valence-corrected chi connectivity index (χ2v) is 4.10. The standard InChI is InChI=1S/C8H10ClNO.C4H4O4/c1-8(10,11)6-3-2-4-7(9)5-6;5-3(6)1-2-4(7)8/h2-5,11H,10H2,1H3;1-2H,(H,5,6)(H,7,8)/b;2-1+. The van der Waals surface area contributed by atoms with Crippen LogP contribution in [0.4, 0.5) is 0 Å². The van der Waals surface area contributed by atoms with Crippen molar-refractivity contribution in [2.24, 2.45) is 5.73 Å². The normalized spacial score (nSPS) is 13.3. The van der Waals surface area contributed by atoms with Gasteiger partial charge in [-0.2, -0.15) is 0 Å². The summed E-state index contributed by atoms with van der Waals surface area (Å²) in [6.07, 6.45) is 1.12. The van der Waals surface area contributed by atoms with E-state index >= 15 is 0 Å². The van der Waals surface area contributed by atoms with Crippen molar-refractivity contribution < 1.29 is 24.9 Å². The van der Waals surface area contributed by atoms with Crippen LogP contribution < -0.4 is 5.73 Å². The molecule has 0 aliphatic carbocycles. The summed E-state index contributed by atoms with van der Waals surface area (Å²) in [5, 5.41) is 25.5. The number of carbonyl (C=O) groups is 2. The Morgan fingerprint density at radius 2 is 1.74 bits per heavy atom. The van der Waals surface area contributed by atoms with Crippen LogP contribution in [0, 0.1) is 0 Å². The number of hydrogen-bond donors (Lipinski definition) is 4. The molecule has 0 aromatic heterocycles. The van der Waals surface area contributed by atoms with Crippen molar-refractivity contribution in [2.45, 2.75) is 12.6 Å². The van der Waals surface area contributed by atoms with Gasteiger partial charge in [0.05, 0.1) is 0 Å². The molecular weight excluding hydrogens is 274 g/mol. The van der Waals surface area contributed by atoms with Crippen molar-refractivity contribution in [1.82, 2.24) is 0 Å². The number of rotatable bonds is 3. The summed E-state index contributed by atoms with van der Waals surface area (Å²) < 4.78 is 0. The van der Waals surface area contributed by atoms with Crippen molar-refractivity contribution in [3.8, 4) is 0 Å². The van der Waals surface area contributed by atoms with Crippen molar-refractivity contribution in [1.29, 1.82) is 0 Å². The number of halogens is 1. The molecule has 0 spiro atoms. The third-order valence-corrected chi connectivity index (χ3v) is 2.01. The average molecular weight is 288 g/mol. The highest BCUT2D eigenvalue weighted by molar-refractivity contribution is 6.30. The first-order chi connectivity index (χ1) is 8.62. The minimum absolute atomic E-state index is 0.558. The Morgan fingerprint density at radius 1 is 1.26 bits per heavy atom. The van der Waals surface area contributed by atoms with E-state index in [1.165, 1.54) is 6.92 Å². The summed E-state index contributed by atoms with van der Waals surface area (Å²) in [6, 6.07) is 6.85. The Labute approximate surface area is 114 Å². The quantitative estimate of drug-likeness (QED) is 0.489. The Balaban J connectivity index is 0.000000362. The van der Waals surface area contributed by atoms with Gasteiger partial charge in [0.1, 0.15) is 5.72 Å². The summed E-state index contributed by atoms with van der Waals surface area (Å²) in [4.78, 5) is 19.1. The highest BCUT2D eigenvalue weighted by atomic mass is 35.5. The zero-order valence-electron chi connectivity index (χ0n) is 10.1. The molecule has 7 heteroatoms. The monoisotopic (exact) mass is 287 g/mol. The minimum Gasteiger partial charge on any atom is -0.478 e. The Morgan fingerprint density at radius 3 is 2.00 bits per heavy atom. The van der Waals surface area contributed by atoms with Gasteiger partial charge in [0.2, 0.25) is 0 Å². The van der Waals surface area contributed by atoms with Gasteiger partial charge in [0, 0.05) is 17.2 Å². The molecule has 0 radical (unpaired) electrons. The second-order valence-electron chi connectivity index (χ2n) is 3.67. The molecule has 1 atom stereocenters.